The maximum atomic E-state index is 13.9. The van der Waals surface area contributed by atoms with Gasteiger partial charge in [0.2, 0.25) is 0 Å². The van der Waals surface area contributed by atoms with Crippen molar-refractivity contribution in [2.75, 3.05) is 19.7 Å². The van der Waals surface area contributed by atoms with Crippen LogP contribution in [0.4, 0.5) is 8.78 Å². The van der Waals surface area contributed by atoms with Crippen molar-refractivity contribution in [2.24, 2.45) is 0 Å². The summed E-state index contributed by atoms with van der Waals surface area (Å²) in [5.41, 5.74) is 2.91. The molecule has 3 rings (SSSR count). The Morgan fingerprint density at radius 2 is 2.03 bits per heavy atom. The van der Waals surface area contributed by atoms with Crippen molar-refractivity contribution in [1.29, 1.82) is 0 Å². The summed E-state index contributed by atoms with van der Waals surface area (Å²) < 4.78 is 33.5. The van der Waals surface area contributed by atoms with Crippen LogP contribution in [0.2, 0.25) is 0 Å². The van der Waals surface area contributed by atoms with Gasteiger partial charge in [-0.25, -0.2) is 8.78 Å². The maximum Gasteiger partial charge on any atom is 0.303 e. The van der Waals surface area contributed by atoms with Gasteiger partial charge in [-0.1, -0.05) is 18.2 Å². The molecule has 1 fully saturated rings. The lowest BCUT2D eigenvalue weighted by Gasteiger charge is -2.28. The number of carboxylic acids is 1. The van der Waals surface area contributed by atoms with E-state index in [2.05, 4.69) is 4.90 Å². The van der Waals surface area contributed by atoms with Crippen LogP contribution in [0.1, 0.15) is 54.5 Å². The Balaban J connectivity index is 1.54. The molecule has 1 heterocycles. The van der Waals surface area contributed by atoms with Crippen LogP contribution in [0, 0.1) is 18.6 Å². The smallest absolute Gasteiger partial charge is 0.303 e. The normalized spacial score (nSPS) is 18.4. The van der Waals surface area contributed by atoms with Gasteiger partial charge in [-0.3, -0.25) is 9.69 Å². The molecule has 0 bridgehead atoms. The molecule has 0 amide bonds. The van der Waals surface area contributed by atoms with Crippen molar-refractivity contribution in [2.45, 2.75) is 64.2 Å². The maximum absolute atomic E-state index is 13.9. The quantitative estimate of drug-likeness (QED) is 0.518. The zero-order chi connectivity index (χ0) is 24.0. The molecule has 180 valence electrons. The molecule has 7 heteroatoms. The van der Waals surface area contributed by atoms with Crippen LogP contribution in [0.25, 0.3) is 0 Å². The van der Waals surface area contributed by atoms with E-state index < -0.39 is 24.0 Å². The van der Waals surface area contributed by atoms with Crippen LogP contribution in [-0.2, 0) is 22.4 Å². The molecule has 0 spiro atoms. The number of aliphatic hydroxyl groups excluding tert-OH is 1. The minimum Gasteiger partial charge on any atom is -0.481 e. The van der Waals surface area contributed by atoms with E-state index in [1.807, 2.05) is 6.07 Å². The molecule has 0 saturated carbocycles. The van der Waals surface area contributed by atoms with Crippen molar-refractivity contribution in [3.05, 3.63) is 70.3 Å². The Morgan fingerprint density at radius 1 is 1.24 bits per heavy atom. The van der Waals surface area contributed by atoms with Gasteiger partial charge in [0, 0.05) is 19.0 Å². The van der Waals surface area contributed by atoms with Gasteiger partial charge in [-0.05, 0) is 86.5 Å². The van der Waals surface area contributed by atoms with E-state index in [1.165, 1.54) is 12.1 Å². The molecular weight excluding hydrogens is 428 g/mol. The van der Waals surface area contributed by atoms with Crippen molar-refractivity contribution >= 4 is 5.97 Å². The summed E-state index contributed by atoms with van der Waals surface area (Å²) >= 11 is 0. The largest absolute Gasteiger partial charge is 0.481 e. The molecule has 3 atom stereocenters. The van der Waals surface area contributed by atoms with Crippen molar-refractivity contribution in [1.82, 2.24) is 4.90 Å². The van der Waals surface area contributed by atoms with Gasteiger partial charge in [0.25, 0.3) is 0 Å². The number of nitrogens with zero attached hydrogens (tertiary/aromatic N) is 1. The van der Waals surface area contributed by atoms with Crippen LogP contribution in [0.5, 0.6) is 0 Å². The van der Waals surface area contributed by atoms with Gasteiger partial charge in [-0.2, -0.15) is 0 Å². The standard InChI is InChI=1S/C26H33F2NO4/c1-17-5-6-19(13-25(17)28)12-22-4-3-11-29(22)15-23(30)16-33-18(2)24-14-21(27)9-7-20(24)8-10-26(31)32/h5-7,9,13-14,18,22-23,30H,3-4,8,10-12,15-16H2,1-2H3,(H,31,32). The van der Waals surface area contributed by atoms with E-state index >= 15 is 0 Å². The summed E-state index contributed by atoms with van der Waals surface area (Å²) in [6.45, 7) is 4.92. The number of ether oxygens (including phenoxy) is 1. The molecule has 2 aromatic carbocycles. The Morgan fingerprint density at radius 3 is 2.76 bits per heavy atom. The number of rotatable bonds is 11. The Kier molecular flexibility index (Phi) is 8.95. The first-order chi connectivity index (χ1) is 15.7. The summed E-state index contributed by atoms with van der Waals surface area (Å²) in [4.78, 5) is 13.1. The van der Waals surface area contributed by atoms with Gasteiger partial charge >= 0.3 is 5.97 Å². The van der Waals surface area contributed by atoms with Gasteiger partial charge in [0.05, 0.1) is 18.8 Å². The zero-order valence-corrected chi connectivity index (χ0v) is 19.3. The SMILES string of the molecule is Cc1ccc(CC2CCCN2CC(O)COC(C)c2cc(F)ccc2CCC(=O)O)cc1F. The first-order valence-electron chi connectivity index (χ1n) is 11.5. The van der Waals surface area contributed by atoms with Crippen LogP contribution < -0.4 is 0 Å². The molecule has 33 heavy (non-hydrogen) atoms. The number of aryl methyl sites for hydroxylation is 2. The second-order valence-corrected chi connectivity index (χ2v) is 8.94. The van der Waals surface area contributed by atoms with E-state index in [-0.39, 0.29) is 31.3 Å². The summed E-state index contributed by atoms with van der Waals surface area (Å²) in [5, 5.41) is 19.5. The second kappa shape index (κ2) is 11.7. The highest BCUT2D eigenvalue weighted by atomic mass is 19.1. The third-order valence-corrected chi connectivity index (χ3v) is 6.34. The van der Waals surface area contributed by atoms with Crippen LogP contribution >= 0.6 is 0 Å². The highest BCUT2D eigenvalue weighted by Crippen LogP contribution is 2.25. The number of likely N-dealkylation sites (tertiary alicyclic amines) is 1. The third-order valence-electron chi connectivity index (χ3n) is 6.34. The molecule has 1 aliphatic rings. The number of halogens is 2. The van der Waals surface area contributed by atoms with Crippen molar-refractivity contribution in [3.63, 3.8) is 0 Å². The average molecular weight is 462 g/mol. The van der Waals surface area contributed by atoms with Gasteiger partial charge in [-0.15, -0.1) is 0 Å². The number of β-amino-alcohol motifs (C(OH)–C–C–N with tert-alkyl or cyclic N) is 1. The fourth-order valence-electron chi connectivity index (χ4n) is 4.48. The summed E-state index contributed by atoms with van der Waals surface area (Å²) in [6.07, 6.45) is 1.79. The fraction of sp³-hybridized carbons (Fsp3) is 0.500. The molecule has 2 N–H and O–H groups in total. The number of aliphatic hydroxyl groups is 1. The molecular formula is C26H33F2NO4. The third kappa shape index (κ3) is 7.32. The topological polar surface area (TPSA) is 70.0 Å². The van der Waals surface area contributed by atoms with Gasteiger partial charge < -0.3 is 14.9 Å². The molecule has 0 radical (unpaired) electrons. The first-order valence-corrected chi connectivity index (χ1v) is 11.5. The Hall–Kier alpha value is -2.35. The Bertz CT molecular complexity index is 952. The minimum absolute atomic E-state index is 0.0464. The lowest BCUT2D eigenvalue weighted by atomic mass is 9.99. The molecule has 3 unspecified atom stereocenters. The predicted octanol–water partition coefficient (Wildman–Crippen LogP) is 4.44. The number of carboxylic acid groups (broad SMARTS) is 1. The summed E-state index contributed by atoms with van der Waals surface area (Å²) in [5.74, 6) is -1.52. The molecule has 1 aliphatic heterocycles. The van der Waals surface area contributed by atoms with E-state index in [4.69, 9.17) is 9.84 Å². The van der Waals surface area contributed by atoms with Crippen LogP contribution in [0.15, 0.2) is 36.4 Å². The minimum atomic E-state index is -0.914. The Labute approximate surface area is 194 Å². The molecule has 0 aromatic heterocycles. The molecule has 2 aromatic rings. The fourth-order valence-corrected chi connectivity index (χ4v) is 4.48. The van der Waals surface area contributed by atoms with Crippen molar-refractivity contribution in [3.8, 4) is 0 Å². The lowest BCUT2D eigenvalue weighted by molar-refractivity contribution is -0.136. The van der Waals surface area contributed by atoms with Crippen molar-refractivity contribution < 1.29 is 28.5 Å². The van der Waals surface area contributed by atoms with E-state index in [0.717, 1.165) is 36.9 Å². The highest BCUT2D eigenvalue weighted by Gasteiger charge is 2.27. The molecule has 5 nitrogen and oxygen atoms in total. The first kappa shape index (κ1) is 25.3. The number of carbonyl (C=O) groups is 1. The number of benzene rings is 2. The number of aliphatic carboxylic acids is 1. The van der Waals surface area contributed by atoms with Gasteiger partial charge in [0.15, 0.2) is 0 Å². The predicted molar refractivity (Wildman–Crippen MR) is 122 cm³/mol. The summed E-state index contributed by atoms with van der Waals surface area (Å²) in [7, 11) is 0. The molecule has 1 saturated heterocycles. The monoisotopic (exact) mass is 461 g/mol. The zero-order valence-electron chi connectivity index (χ0n) is 19.3. The van der Waals surface area contributed by atoms with E-state index in [0.29, 0.717) is 17.7 Å². The number of hydrogen-bond donors (Lipinski definition) is 2. The van der Waals surface area contributed by atoms with E-state index in [1.54, 1.807) is 32.0 Å². The average Bonchev–Trinajstić information content (AvgIpc) is 3.19. The van der Waals surface area contributed by atoms with Crippen LogP contribution in [0.3, 0.4) is 0 Å². The summed E-state index contributed by atoms with van der Waals surface area (Å²) in [6, 6.07) is 9.86. The van der Waals surface area contributed by atoms with Gasteiger partial charge in [0.1, 0.15) is 11.6 Å². The lowest BCUT2D eigenvalue weighted by Crippen LogP contribution is -2.39. The molecule has 0 aliphatic carbocycles. The highest BCUT2D eigenvalue weighted by molar-refractivity contribution is 5.67. The number of hydrogen-bond acceptors (Lipinski definition) is 4. The van der Waals surface area contributed by atoms with E-state index in [9.17, 15) is 18.7 Å². The second-order valence-electron chi connectivity index (χ2n) is 8.94. The van der Waals surface area contributed by atoms with Crippen LogP contribution in [-0.4, -0.2) is 52.9 Å².